The minimum atomic E-state index is -2.23. The Balaban J connectivity index is 1.32. The van der Waals surface area contributed by atoms with E-state index in [0.29, 0.717) is 26.4 Å². The number of rotatable bonds is 15. The summed E-state index contributed by atoms with van der Waals surface area (Å²) in [4.78, 5) is 2.48. The van der Waals surface area contributed by atoms with Crippen molar-refractivity contribution in [3.63, 3.8) is 0 Å². The smallest absolute Gasteiger partial charge is 0.169 e. The van der Waals surface area contributed by atoms with Crippen LogP contribution in [-0.2, 0) is 27.3 Å². The van der Waals surface area contributed by atoms with Crippen LogP contribution in [0.15, 0.2) is 152 Å². The first-order valence-corrected chi connectivity index (χ1v) is 18.2. The third kappa shape index (κ3) is 7.83. The minimum absolute atomic E-state index is 0.125. The number of nitrogens with zero attached hydrogens (tertiary/aromatic N) is 1. The van der Waals surface area contributed by atoms with E-state index in [2.05, 4.69) is 163 Å². The van der Waals surface area contributed by atoms with Crippen molar-refractivity contribution in [1.82, 2.24) is 4.90 Å². The lowest BCUT2D eigenvalue weighted by Gasteiger charge is -2.38. The molecule has 5 aromatic rings. The Hall–Kier alpha value is -3.63. The van der Waals surface area contributed by atoms with E-state index < -0.39 is 13.0 Å². The fourth-order valence-electron chi connectivity index (χ4n) is 6.79. The van der Waals surface area contributed by atoms with Gasteiger partial charge >= 0.3 is 0 Å². The monoisotopic (exact) mass is 630 g/mol. The number of hydrogen-bond donors (Lipinski definition) is 0. The summed E-state index contributed by atoms with van der Waals surface area (Å²) in [5.41, 5.74) is 2.74. The van der Waals surface area contributed by atoms with Crippen molar-refractivity contribution in [2.24, 2.45) is 0 Å². The predicted molar refractivity (Wildman–Crippen MR) is 192 cm³/mol. The lowest BCUT2D eigenvalue weighted by Crippen LogP contribution is -2.45. The van der Waals surface area contributed by atoms with Crippen LogP contribution in [0.2, 0.25) is 0 Å². The van der Waals surface area contributed by atoms with Gasteiger partial charge in [-0.05, 0) is 54.4 Å². The van der Waals surface area contributed by atoms with Gasteiger partial charge in [-0.25, -0.2) is 0 Å². The second-order valence-electron chi connectivity index (χ2n) is 12.2. The van der Waals surface area contributed by atoms with Gasteiger partial charge in [-0.3, -0.25) is 4.90 Å². The van der Waals surface area contributed by atoms with E-state index in [1.165, 1.54) is 27.0 Å². The van der Waals surface area contributed by atoms with E-state index in [9.17, 15) is 0 Å². The average Bonchev–Trinajstić information content (AvgIpc) is 3.55. The van der Waals surface area contributed by atoms with Crippen LogP contribution in [0.25, 0.3) is 0 Å². The summed E-state index contributed by atoms with van der Waals surface area (Å²) in [5, 5.41) is 4.03. The van der Waals surface area contributed by atoms with Crippen molar-refractivity contribution in [2.75, 3.05) is 33.0 Å². The SMILES string of the molecule is CC1(CC(COCCN(Cc2ccccc2)Cc2ccccc2)[P+](c2ccccc2)(c2ccccc2)c2ccccc2)OCCO1. The molecule has 1 aliphatic rings. The molecule has 0 aliphatic carbocycles. The van der Waals surface area contributed by atoms with Crippen LogP contribution < -0.4 is 15.9 Å². The Morgan fingerprint density at radius 2 is 1.00 bits per heavy atom. The van der Waals surface area contributed by atoms with E-state index in [-0.39, 0.29) is 5.66 Å². The highest BCUT2D eigenvalue weighted by Gasteiger charge is 2.55. The molecule has 1 unspecified atom stereocenters. The van der Waals surface area contributed by atoms with Gasteiger partial charge in [-0.1, -0.05) is 115 Å². The summed E-state index contributed by atoms with van der Waals surface area (Å²) in [7, 11) is -2.23. The molecule has 0 radical (unpaired) electrons. The summed E-state index contributed by atoms with van der Waals surface area (Å²) in [6.07, 6.45) is 0.733. The van der Waals surface area contributed by atoms with Crippen LogP contribution in [-0.4, -0.2) is 49.3 Å². The van der Waals surface area contributed by atoms with Gasteiger partial charge in [0.1, 0.15) is 28.8 Å². The molecule has 4 nitrogen and oxygen atoms in total. The van der Waals surface area contributed by atoms with Crippen LogP contribution >= 0.6 is 7.26 Å². The first-order chi connectivity index (χ1) is 22.7. The van der Waals surface area contributed by atoms with Crippen molar-refractivity contribution in [2.45, 2.75) is 37.9 Å². The standard InChI is InChI=1S/C41H45NO3P/c1-41(44-29-30-45-41)31-40(34-43-28-27-42(32-35-17-7-2-8-18-35)33-36-19-9-3-10-20-36)46(37-21-11-4-12-22-37,38-23-13-5-14-24-38)39-25-15-6-16-26-39/h2-26,40H,27-34H2,1H3/q+1. The molecule has 46 heavy (non-hydrogen) atoms. The Kier molecular flexibility index (Phi) is 11.1. The Labute approximate surface area is 275 Å². The number of benzene rings is 5. The van der Waals surface area contributed by atoms with Crippen LogP contribution in [0, 0.1) is 0 Å². The van der Waals surface area contributed by atoms with Crippen molar-refractivity contribution in [3.8, 4) is 0 Å². The molecule has 5 heteroatoms. The normalized spacial score (nSPS) is 15.2. The highest BCUT2D eigenvalue weighted by molar-refractivity contribution is 7.96. The van der Waals surface area contributed by atoms with Crippen LogP contribution in [0.3, 0.4) is 0 Å². The van der Waals surface area contributed by atoms with Crippen molar-refractivity contribution < 1.29 is 14.2 Å². The maximum atomic E-state index is 6.80. The van der Waals surface area contributed by atoms with Crippen LogP contribution in [0.4, 0.5) is 0 Å². The molecular formula is C41H45NO3P+. The van der Waals surface area contributed by atoms with E-state index in [0.717, 1.165) is 26.1 Å². The van der Waals surface area contributed by atoms with Crippen LogP contribution in [0.5, 0.6) is 0 Å². The maximum absolute atomic E-state index is 6.80. The second-order valence-corrected chi connectivity index (χ2v) is 15.9. The van der Waals surface area contributed by atoms with Gasteiger partial charge in [0.15, 0.2) is 5.79 Å². The zero-order valence-electron chi connectivity index (χ0n) is 26.8. The lowest BCUT2D eigenvalue weighted by atomic mass is 10.1. The Morgan fingerprint density at radius 1 is 0.609 bits per heavy atom. The van der Waals surface area contributed by atoms with Crippen LogP contribution in [0.1, 0.15) is 24.5 Å². The molecule has 0 spiro atoms. The van der Waals surface area contributed by atoms with Crippen molar-refractivity contribution in [3.05, 3.63) is 163 Å². The Bertz CT molecular complexity index is 1440. The van der Waals surface area contributed by atoms with Gasteiger partial charge < -0.3 is 14.2 Å². The molecule has 0 aromatic heterocycles. The van der Waals surface area contributed by atoms with E-state index >= 15 is 0 Å². The fourth-order valence-corrected chi connectivity index (χ4v) is 11.8. The zero-order valence-corrected chi connectivity index (χ0v) is 27.7. The topological polar surface area (TPSA) is 30.9 Å². The molecule has 1 fully saturated rings. The quantitative estimate of drug-likeness (QED) is 0.0903. The zero-order chi connectivity index (χ0) is 31.5. The van der Waals surface area contributed by atoms with Gasteiger partial charge in [0.2, 0.25) is 0 Å². The fraction of sp³-hybridized carbons (Fsp3) is 0.268. The van der Waals surface area contributed by atoms with E-state index in [4.69, 9.17) is 14.2 Å². The first kappa shape index (κ1) is 32.3. The Morgan fingerprint density at radius 3 is 1.41 bits per heavy atom. The summed E-state index contributed by atoms with van der Waals surface area (Å²) >= 11 is 0. The highest BCUT2D eigenvalue weighted by Crippen LogP contribution is 2.62. The number of ether oxygens (including phenoxy) is 3. The van der Waals surface area contributed by atoms with E-state index in [1.807, 2.05) is 0 Å². The van der Waals surface area contributed by atoms with Crippen molar-refractivity contribution in [1.29, 1.82) is 0 Å². The molecule has 1 aliphatic heterocycles. The molecule has 0 saturated carbocycles. The van der Waals surface area contributed by atoms with Gasteiger partial charge in [0.25, 0.3) is 0 Å². The molecule has 236 valence electrons. The second kappa shape index (κ2) is 15.8. The lowest BCUT2D eigenvalue weighted by molar-refractivity contribution is -0.148. The number of hydrogen-bond acceptors (Lipinski definition) is 4. The van der Waals surface area contributed by atoms with Gasteiger partial charge in [0, 0.05) is 26.1 Å². The third-order valence-electron chi connectivity index (χ3n) is 8.90. The minimum Gasteiger partial charge on any atom is -0.376 e. The van der Waals surface area contributed by atoms with E-state index in [1.54, 1.807) is 0 Å². The molecule has 0 N–H and O–H groups in total. The molecular weight excluding hydrogens is 585 g/mol. The molecule has 0 bridgehead atoms. The largest absolute Gasteiger partial charge is 0.376 e. The first-order valence-electron chi connectivity index (χ1n) is 16.4. The van der Waals surface area contributed by atoms with Gasteiger partial charge in [-0.15, -0.1) is 0 Å². The van der Waals surface area contributed by atoms with Gasteiger partial charge in [0.05, 0.1) is 26.4 Å². The summed E-state index contributed by atoms with van der Waals surface area (Å²) in [6, 6.07) is 54.6. The molecule has 0 amide bonds. The maximum Gasteiger partial charge on any atom is 0.169 e. The molecule has 1 saturated heterocycles. The third-order valence-corrected chi connectivity index (χ3v) is 13.7. The van der Waals surface area contributed by atoms with Crippen molar-refractivity contribution >= 4 is 23.2 Å². The molecule has 6 rings (SSSR count). The molecule has 5 aromatic carbocycles. The predicted octanol–water partition coefficient (Wildman–Crippen LogP) is 7.22. The molecule has 1 heterocycles. The summed E-state index contributed by atoms with van der Waals surface area (Å²) < 4.78 is 19.4. The average molecular weight is 631 g/mol. The summed E-state index contributed by atoms with van der Waals surface area (Å²) in [6.45, 7) is 7.13. The summed E-state index contributed by atoms with van der Waals surface area (Å²) in [5.74, 6) is -0.662. The highest BCUT2D eigenvalue weighted by atomic mass is 31.2. The van der Waals surface area contributed by atoms with Gasteiger partial charge in [-0.2, -0.15) is 0 Å². The molecule has 1 atom stereocenters.